The van der Waals surface area contributed by atoms with Crippen LogP contribution in [0.2, 0.25) is 0 Å². The fourth-order valence-electron chi connectivity index (χ4n) is 2.74. The summed E-state index contributed by atoms with van der Waals surface area (Å²) in [6, 6.07) is 10.1. The monoisotopic (exact) mass is 334 g/mol. The molecule has 106 valence electrons. The Labute approximate surface area is 128 Å². The molecular weight excluding hydrogens is 316 g/mol. The lowest BCUT2D eigenvalue weighted by atomic mass is 9.91. The number of hydrogen-bond acceptors (Lipinski definition) is 2. The quantitative estimate of drug-likeness (QED) is 0.856. The van der Waals surface area contributed by atoms with E-state index in [0.717, 1.165) is 48.6 Å². The van der Waals surface area contributed by atoms with Crippen molar-refractivity contribution in [1.29, 1.82) is 5.26 Å². The minimum atomic E-state index is -0.653. The number of nitriles is 1. The Balaban J connectivity index is 2.00. The third kappa shape index (κ3) is 4.08. The van der Waals surface area contributed by atoms with Crippen molar-refractivity contribution in [3.8, 4) is 6.07 Å². The lowest BCUT2D eigenvalue weighted by Crippen LogP contribution is -2.47. The topological polar surface area (TPSA) is 52.9 Å². The number of nitrogens with one attached hydrogen (secondary N) is 1. The number of nitrogens with zero attached hydrogens (tertiary/aromatic N) is 1. The van der Waals surface area contributed by atoms with E-state index in [-0.39, 0.29) is 5.91 Å². The molecule has 3 nitrogen and oxygen atoms in total. The Morgan fingerprint density at radius 3 is 2.60 bits per heavy atom. The maximum absolute atomic E-state index is 12.2. The lowest BCUT2D eigenvalue weighted by molar-refractivity contribution is -0.121. The number of benzene rings is 1. The highest BCUT2D eigenvalue weighted by Gasteiger charge is 2.32. The Morgan fingerprint density at radius 1 is 1.30 bits per heavy atom. The first-order chi connectivity index (χ1) is 9.63. The molecule has 2 rings (SSSR count). The van der Waals surface area contributed by atoms with Gasteiger partial charge in [0.2, 0.25) is 5.91 Å². The second kappa shape index (κ2) is 6.90. The molecule has 0 aromatic heterocycles. The molecule has 0 heterocycles. The predicted molar refractivity (Wildman–Crippen MR) is 82.0 cm³/mol. The van der Waals surface area contributed by atoms with E-state index in [1.165, 1.54) is 0 Å². The zero-order chi connectivity index (χ0) is 14.4. The van der Waals surface area contributed by atoms with Gasteiger partial charge in [-0.1, -0.05) is 53.7 Å². The predicted octanol–water partition coefficient (Wildman–Crippen LogP) is 3.72. The van der Waals surface area contributed by atoms with E-state index in [9.17, 15) is 10.1 Å². The molecule has 0 spiro atoms. The zero-order valence-electron chi connectivity index (χ0n) is 11.5. The minimum Gasteiger partial charge on any atom is -0.338 e. The van der Waals surface area contributed by atoms with Crippen LogP contribution in [0.15, 0.2) is 28.7 Å². The average Bonchev–Trinajstić information content (AvgIpc) is 2.65. The maximum atomic E-state index is 12.2. The van der Waals surface area contributed by atoms with Gasteiger partial charge in [0, 0.05) is 4.47 Å². The number of amides is 1. The van der Waals surface area contributed by atoms with Gasteiger partial charge in [0.05, 0.1) is 12.5 Å². The van der Waals surface area contributed by atoms with Gasteiger partial charge in [0.25, 0.3) is 0 Å². The molecule has 0 unspecified atom stereocenters. The Kier molecular flexibility index (Phi) is 5.19. The van der Waals surface area contributed by atoms with Crippen LogP contribution >= 0.6 is 15.9 Å². The van der Waals surface area contributed by atoms with Crippen LogP contribution in [0.3, 0.4) is 0 Å². The standard InChI is InChI=1S/C16H19BrN2O/c17-14-7-5-6-13(10-14)11-15(20)19-16(12-18)8-3-1-2-4-9-16/h5-7,10H,1-4,8-9,11H2,(H,19,20). The summed E-state index contributed by atoms with van der Waals surface area (Å²) in [5.74, 6) is -0.0634. The van der Waals surface area contributed by atoms with Gasteiger partial charge in [0.1, 0.15) is 5.54 Å². The first kappa shape index (κ1) is 15.1. The molecule has 4 heteroatoms. The van der Waals surface area contributed by atoms with Gasteiger partial charge in [-0.3, -0.25) is 4.79 Å². The van der Waals surface area contributed by atoms with Crippen molar-refractivity contribution in [2.24, 2.45) is 0 Å². The second-order valence-corrected chi connectivity index (χ2v) is 6.38. The van der Waals surface area contributed by atoms with Gasteiger partial charge in [-0.25, -0.2) is 0 Å². The number of rotatable bonds is 3. The molecule has 0 radical (unpaired) electrons. The SMILES string of the molecule is N#CC1(NC(=O)Cc2cccc(Br)c2)CCCCCC1. The molecule has 0 aliphatic heterocycles. The molecule has 0 atom stereocenters. The molecule has 1 aliphatic carbocycles. The van der Waals surface area contributed by atoms with Gasteiger partial charge in [0.15, 0.2) is 0 Å². The summed E-state index contributed by atoms with van der Waals surface area (Å²) in [5.41, 5.74) is 0.304. The average molecular weight is 335 g/mol. The highest BCUT2D eigenvalue weighted by molar-refractivity contribution is 9.10. The fraction of sp³-hybridized carbons (Fsp3) is 0.500. The largest absolute Gasteiger partial charge is 0.338 e. The lowest BCUT2D eigenvalue weighted by Gasteiger charge is -2.26. The summed E-state index contributed by atoms with van der Waals surface area (Å²) in [6.07, 6.45) is 6.22. The molecule has 1 aromatic rings. The van der Waals surface area contributed by atoms with Crippen molar-refractivity contribution in [1.82, 2.24) is 5.32 Å². The summed E-state index contributed by atoms with van der Waals surface area (Å²) in [4.78, 5) is 12.2. The van der Waals surface area contributed by atoms with Crippen LogP contribution in [-0.2, 0) is 11.2 Å². The van der Waals surface area contributed by atoms with Crippen LogP contribution in [-0.4, -0.2) is 11.4 Å². The Bertz CT molecular complexity index is 513. The van der Waals surface area contributed by atoms with Crippen molar-refractivity contribution in [2.75, 3.05) is 0 Å². The van der Waals surface area contributed by atoms with E-state index in [1.807, 2.05) is 24.3 Å². The summed E-state index contributed by atoms with van der Waals surface area (Å²) in [7, 11) is 0. The number of carbonyl (C=O) groups excluding carboxylic acids is 1. The number of halogens is 1. The molecule has 1 aliphatic rings. The zero-order valence-corrected chi connectivity index (χ0v) is 13.1. The third-order valence-electron chi connectivity index (χ3n) is 3.80. The van der Waals surface area contributed by atoms with Gasteiger partial charge in [-0.15, -0.1) is 0 Å². The summed E-state index contributed by atoms with van der Waals surface area (Å²) in [6.45, 7) is 0. The van der Waals surface area contributed by atoms with Gasteiger partial charge in [-0.05, 0) is 30.5 Å². The van der Waals surface area contributed by atoms with Crippen LogP contribution in [0.1, 0.15) is 44.1 Å². The third-order valence-corrected chi connectivity index (χ3v) is 4.30. The van der Waals surface area contributed by atoms with Crippen LogP contribution in [0, 0.1) is 11.3 Å². The molecule has 0 saturated heterocycles. The first-order valence-electron chi connectivity index (χ1n) is 7.10. The van der Waals surface area contributed by atoms with E-state index < -0.39 is 5.54 Å². The summed E-state index contributed by atoms with van der Waals surface area (Å²) < 4.78 is 0.965. The van der Waals surface area contributed by atoms with E-state index in [1.54, 1.807) is 0 Å². The van der Waals surface area contributed by atoms with Crippen molar-refractivity contribution in [2.45, 2.75) is 50.5 Å². The van der Waals surface area contributed by atoms with Crippen molar-refractivity contribution in [3.05, 3.63) is 34.3 Å². The van der Waals surface area contributed by atoms with Crippen LogP contribution in [0.25, 0.3) is 0 Å². The van der Waals surface area contributed by atoms with E-state index >= 15 is 0 Å². The van der Waals surface area contributed by atoms with Gasteiger partial charge < -0.3 is 5.32 Å². The van der Waals surface area contributed by atoms with Crippen molar-refractivity contribution < 1.29 is 4.79 Å². The second-order valence-electron chi connectivity index (χ2n) is 5.46. The maximum Gasteiger partial charge on any atom is 0.225 e. The highest BCUT2D eigenvalue weighted by Crippen LogP contribution is 2.26. The van der Waals surface area contributed by atoms with Gasteiger partial charge in [-0.2, -0.15) is 5.26 Å². The van der Waals surface area contributed by atoms with Crippen LogP contribution < -0.4 is 5.32 Å². The Hall–Kier alpha value is -1.34. The molecule has 1 N–H and O–H groups in total. The van der Waals surface area contributed by atoms with Crippen LogP contribution in [0.5, 0.6) is 0 Å². The fourth-order valence-corrected chi connectivity index (χ4v) is 3.19. The minimum absolute atomic E-state index is 0.0634. The first-order valence-corrected chi connectivity index (χ1v) is 7.90. The highest BCUT2D eigenvalue weighted by atomic mass is 79.9. The number of hydrogen-bond donors (Lipinski definition) is 1. The molecule has 20 heavy (non-hydrogen) atoms. The van der Waals surface area contributed by atoms with E-state index in [4.69, 9.17) is 0 Å². The van der Waals surface area contributed by atoms with E-state index in [0.29, 0.717) is 6.42 Å². The normalized spacial score (nSPS) is 17.8. The molecule has 0 bridgehead atoms. The Morgan fingerprint density at radius 2 is 2.00 bits per heavy atom. The summed E-state index contributed by atoms with van der Waals surface area (Å²) in [5, 5.41) is 12.4. The molecule has 1 aromatic carbocycles. The van der Waals surface area contributed by atoms with Crippen molar-refractivity contribution >= 4 is 21.8 Å². The smallest absolute Gasteiger partial charge is 0.225 e. The molecule has 1 saturated carbocycles. The van der Waals surface area contributed by atoms with Gasteiger partial charge >= 0.3 is 0 Å². The molecular formula is C16H19BrN2O. The number of carbonyl (C=O) groups is 1. The van der Waals surface area contributed by atoms with Crippen molar-refractivity contribution in [3.63, 3.8) is 0 Å². The molecule has 1 amide bonds. The summed E-state index contributed by atoms with van der Waals surface area (Å²) >= 11 is 3.40. The van der Waals surface area contributed by atoms with E-state index in [2.05, 4.69) is 27.3 Å². The molecule has 1 fully saturated rings. The van der Waals surface area contributed by atoms with Crippen LogP contribution in [0.4, 0.5) is 0 Å².